The molecule has 82 valence electrons. The zero-order valence-corrected chi connectivity index (χ0v) is 8.22. The molecule has 0 N–H and O–H groups in total. The molecule has 0 fully saturated rings. The first-order valence-corrected chi connectivity index (χ1v) is 5.01. The minimum atomic E-state index is -5.08. The minimum absolute atomic E-state index is 0.539. The van der Waals surface area contributed by atoms with Crippen molar-refractivity contribution in [2.75, 3.05) is 0 Å². The molecule has 0 bridgehead atoms. The van der Waals surface area contributed by atoms with E-state index in [-0.39, 0.29) is 0 Å². The average molecular weight is 237 g/mol. The first-order valence-electron chi connectivity index (χ1n) is 3.63. The Kier molecular flexibility index (Phi) is 2.71. The molecule has 1 aromatic rings. The lowest BCUT2D eigenvalue weighted by Gasteiger charge is -2.02. The maximum atomic E-state index is 12.9. The molecule has 1 aromatic carbocycles. The number of hydrogen-bond acceptors (Lipinski definition) is 4. The third kappa shape index (κ3) is 2.09. The summed E-state index contributed by atoms with van der Waals surface area (Å²) >= 11 is 0. The molecule has 0 unspecified atom stereocenters. The Bertz CT molecular complexity index is 526. The molecule has 0 atom stereocenters. The molecule has 1 rings (SSSR count). The van der Waals surface area contributed by atoms with Crippen LogP contribution in [0.25, 0.3) is 0 Å². The first kappa shape index (κ1) is 11.5. The van der Waals surface area contributed by atoms with Crippen molar-refractivity contribution in [1.29, 1.82) is 0 Å². The van der Waals surface area contributed by atoms with Crippen molar-refractivity contribution in [2.24, 2.45) is 0 Å². The number of nitro groups is 1. The molecule has 8 heteroatoms. The van der Waals surface area contributed by atoms with E-state index < -0.39 is 37.1 Å². The summed E-state index contributed by atoms with van der Waals surface area (Å²) in [5, 5.41) is 10.4. The molecular weight excluding hydrogens is 232 g/mol. The normalized spacial score (nSPS) is 11.4. The van der Waals surface area contributed by atoms with Crippen LogP contribution in [-0.4, -0.2) is 13.3 Å². The van der Waals surface area contributed by atoms with Crippen LogP contribution in [0.1, 0.15) is 5.56 Å². The van der Waals surface area contributed by atoms with Crippen LogP contribution >= 0.6 is 0 Å². The zero-order valence-electron chi connectivity index (χ0n) is 7.40. The van der Waals surface area contributed by atoms with E-state index in [0.717, 1.165) is 6.92 Å². The van der Waals surface area contributed by atoms with Gasteiger partial charge >= 0.3 is 15.9 Å². The summed E-state index contributed by atoms with van der Waals surface area (Å²) in [6.07, 6.45) is 0. The molecule has 0 spiro atoms. The highest BCUT2D eigenvalue weighted by atomic mass is 32.3. The lowest BCUT2D eigenvalue weighted by molar-refractivity contribution is -0.388. The van der Waals surface area contributed by atoms with Gasteiger partial charge in [-0.25, -0.2) is 0 Å². The van der Waals surface area contributed by atoms with Gasteiger partial charge in [0.2, 0.25) is 5.82 Å². The van der Waals surface area contributed by atoms with Crippen molar-refractivity contribution in [3.05, 3.63) is 33.6 Å². The van der Waals surface area contributed by atoms with E-state index in [9.17, 15) is 26.8 Å². The fraction of sp³-hybridized carbons (Fsp3) is 0.143. The van der Waals surface area contributed by atoms with Gasteiger partial charge < -0.3 is 0 Å². The Hall–Kier alpha value is -1.57. The number of hydrogen-bond donors (Lipinski definition) is 0. The summed E-state index contributed by atoms with van der Waals surface area (Å²) in [4.78, 5) is 8.38. The van der Waals surface area contributed by atoms with Gasteiger partial charge in [-0.2, -0.15) is 12.8 Å². The summed E-state index contributed by atoms with van der Waals surface area (Å²) in [7, 11) is -5.08. The Labute approximate surface area is 83.7 Å². The van der Waals surface area contributed by atoms with E-state index in [2.05, 4.69) is 0 Å². The summed E-state index contributed by atoms with van der Waals surface area (Å²) in [6, 6.07) is 1.19. The second kappa shape index (κ2) is 3.54. The van der Waals surface area contributed by atoms with Gasteiger partial charge in [0.05, 0.1) is 10.5 Å². The van der Waals surface area contributed by atoms with Crippen molar-refractivity contribution in [1.82, 2.24) is 0 Å². The van der Waals surface area contributed by atoms with Crippen LogP contribution in [0.4, 0.5) is 14.0 Å². The first-order chi connectivity index (χ1) is 6.75. The number of rotatable bonds is 2. The quantitative estimate of drug-likeness (QED) is 0.445. The predicted octanol–water partition coefficient (Wildman–Crippen LogP) is 1.70. The topological polar surface area (TPSA) is 77.3 Å². The van der Waals surface area contributed by atoms with Crippen molar-refractivity contribution in [3.63, 3.8) is 0 Å². The van der Waals surface area contributed by atoms with Crippen LogP contribution in [-0.2, 0) is 10.2 Å². The molecule has 0 heterocycles. The maximum Gasteiger partial charge on any atom is 0.332 e. The number of benzene rings is 1. The number of nitrogens with zero attached hydrogens (tertiary/aromatic N) is 1. The third-order valence-corrected chi connectivity index (χ3v) is 2.74. The van der Waals surface area contributed by atoms with Gasteiger partial charge in [0, 0.05) is 0 Å². The fourth-order valence-corrected chi connectivity index (χ4v) is 1.83. The standard InChI is InChI=1S/C7H5F2NO4S/c1-4-6(15(9,13)14)3-2-5(8)7(4)10(11)12/h2-3H,1H3. The minimum Gasteiger partial charge on any atom is -0.258 e. The van der Waals surface area contributed by atoms with E-state index in [1.54, 1.807) is 0 Å². The van der Waals surface area contributed by atoms with E-state index in [4.69, 9.17) is 0 Å². The largest absolute Gasteiger partial charge is 0.332 e. The number of halogens is 2. The Morgan fingerprint density at radius 2 is 1.93 bits per heavy atom. The monoisotopic (exact) mass is 237 g/mol. The fourth-order valence-electron chi connectivity index (χ4n) is 1.14. The molecular formula is C7H5F2NO4S. The molecule has 5 nitrogen and oxygen atoms in total. The summed E-state index contributed by atoms with van der Waals surface area (Å²) in [5.74, 6) is -1.20. The second-order valence-electron chi connectivity index (χ2n) is 2.71. The van der Waals surface area contributed by atoms with Gasteiger partial charge in [0.15, 0.2) is 0 Å². The molecule has 0 saturated carbocycles. The van der Waals surface area contributed by atoms with Gasteiger partial charge in [0.1, 0.15) is 4.90 Å². The van der Waals surface area contributed by atoms with Crippen molar-refractivity contribution >= 4 is 15.9 Å². The molecule has 0 saturated heterocycles. The summed E-state index contributed by atoms with van der Waals surface area (Å²) < 4.78 is 46.6. The third-order valence-electron chi connectivity index (χ3n) is 1.78. The number of nitro benzene ring substituents is 1. The van der Waals surface area contributed by atoms with Gasteiger partial charge in [-0.3, -0.25) is 10.1 Å². The Morgan fingerprint density at radius 3 is 2.33 bits per heavy atom. The lowest BCUT2D eigenvalue weighted by Crippen LogP contribution is -2.02. The smallest absolute Gasteiger partial charge is 0.258 e. The second-order valence-corrected chi connectivity index (χ2v) is 4.03. The SMILES string of the molecule is Cc1c(S(=O)(=O)F)ccc(F)c1[N+](=O)[O-]. The van der Waals surface area contributed by atoms with Gasteiger partial charge in [-0.1, -0.05) is 0 Å². The molecule has 0 aliphatic rings. The summed E-state index contributed by atoms with van der Waals surface area (Å²) in [6.45, 7) is 0.966. The van der Waals surface area contributed by atoms with Gasteiger partial charge in [-0.05, 0) is 19.1 Å². The molecule has 0 aliphatic heterocycles. The van der Waals surface area contributed by atoms with Crippen molar-refractivity contribution in [2.45, 2.75) is 11.8 Å². The molecule has 0 aromatic heterocycles. The highest BCUT2D eigenvalue weighted by Gasteiger charge is 2.26. The van der Waals surface area contributed by atoms with E-state index in [0.29, 0.717) is 12.1 Å². The van der Waals surface area contributed by atoms with Crippen LogP contribution in [0.15, 0.2) is 17.0 Å². The molecule has 15 heavy (non-hydrogen) atoms. The van der Waals surface area contributed by atoms with Crippen LogP contribution in [0, 0.1) is 22.9 Å². The highest BCUT2D eigenvalue weighted by molar-refractivity contribution is 7.86. The Balaban J connectivity index is 3.64. The molecule has 0 radical (unpaired) electrons. The van der Waals surface area contributed by atoms with Crippen LogP contribution in [0.2, 0.25) is 0 Å². The highest BCUT2D eigenvalue weighted by Crippen LogP contribution is 2.28. The van der Waals surface area contributed by atoms with E-state index >= 15 is 0 Å². The van der Waals surface area contributed by atoms with E-state index in [1.807, 2.05) is 0 Å². The lowest BCUT2D eigenvalue weighted by atomic mass is 10.2. The van der Waals surface area contributed by atoms with Gasteiger partial charge in [-0.15, -0.1) is 3.89 Å². The summed E-state index contributed by atoms with van der Waals surface area (Å²) in [5.41, 5.74) is -1.59. The van der Waals surface area contributed by atoms with Crippen molar-refractivity contribution in [3.8, 4) is 0 Å². The van der Waals surface area contributed by atoms with Crippen LogP contribution in [0.5, 0.6) is 0 Å². The maximum absolute atomic E-state index is 12.9. The zero-order chi connectivity index (χ0) is 11.8. The van der Waals surface area contributed by atoms with Crippen LogP contribution < -0.4 is 0 Å². The molecule has 0 amide bonds. The van der Waals surface area contributed by atoms with Crippen molar-refractivity contribution < 1.29 is 21.6 Å². The predicted molar refractivity (Wildman–Crippen MR) is 46.1 cm³/mol. The Morgan fingerprint density at radius 1 is 1.40 bits per heavy atom. The van der Waals surface area contributed by atoms with E-state index in [1.165, 1.54) is 0 Å². The average Bonchev–Trinajstić information content (AvgIpc) is 2.00. The van der Waals surface area contributed by atoms with Crippen LogP contribution in [0.3, 0.4) is 0 Å². The van der Waals surface area contributed by atoms with Gasteiger partial charge in [0.25, 0.3) is 0 Å². The molecule has 0 aliphatic carbocycles.